The summed E-state index contributed by atoms with van der Waals surface area (Å²) in [6.45, 7) is 3.59. The first-order valence-electron chi connectivity index (χ1n) is 10.4. The fourth-order valence-electron chi connectivity index (χ4n) is 3.77. The van der Waals surface area contributed by atoms with E-state index in [0.29, 0.717) is 19.5 Å². The van der Waals surface area contributed by atoms with Gasteiger partial charge in [0.25, 0.3) is 5.91 Å². The van der Waals surface area contributed by atoms with E-state index >= 15 is 0 Å². The predicted molar refractivity (Wildman–Crippen MR) is 120 cm³/mol. The van der Waals surface area contributed by atoms with Gasteiger partial charge in [0.05, 0.1) is 12.0 Å². The van der Waals surface area contributed by atoms with E-state index in [2.05, 4.69) is 21.4 Å². The topological polar surface area (TPSA) is 83.1 Å². The number of hydrogen-bond donors (Lipinski definition) is 1. The normalized spacial score (nSPS) is 15.8. The van der Waals surface area contributed by atoms with Gasteiger partial charge in [0.2, 0.25) is 5.91 Å². The summed E-state index contributed by atoms with van der Waals surface area (Å²) in [5.74, 6) is 0.637. The van der Waals surface area contributed by atoms with E-state index in [0.717, 1.165) is 36.7 Å². The standard InChI is InChI=1S/C22H27N5O3S/c1-31-14-7-18(24-21(28)19-5-4-13-30-19)22(29)26-11-9-25(10-12-26)15-17-16-27-8-3-2-6-20(27)23-17/h2-6,8,13,16,18H,7,9-12,14-15H2,1H3,(H,24,28). The highest BCUT2D eigenvalue weighted by molar-refractivity contribution is 7.98. The van der Waals surface area contributed by atoms with E-state index in [1.54, 1.807) is 23.9 Å². The van der Waals surface area contributed by atoms with Gasteiger partial charge < -0.3 is 19.0 Å². The van der Waals surface area contributed by atoms with Crippen LogP contribution in [0.1, 0.15) is 22.7 Å². The molecule has 164 valence electrons. The zero-order valence-electron chi connectivity index (χ0n) is 17.6. The summed E-state index contributed by atoms with van der Waals surface area (Å²) in [5, 5.41) is 2.85. The first-order valence-corrected chi connectivity index (χ1v) is 11.8. The second-order valence-electron chi connectivity index (χ2n) is 7.58. The molecule has 4 rings (SSSR count). The maximum atomic E-state index is 13.1. The summed E-state index contributed by atoms with van der Waals surface area (Å²) in [6, 6.07) is 8.68. The Morgan fingerprint density at radius 1 is 1.19 bits per heavy atom. The van der Waals surface area contributed by atoms with Crippen molar-refractivity contribution in [3.63, 3.8) is 0 Å². The predicted octanol–water partition coefficient (Wildman–Crippen LogP) is 2.12. The molecule has 0 spiro atoms. The maximum Gasteiger partial charge on any atom is 0.287 e. The average Bonchev–Trinajstić information content (AvgIpc) is 3.46. The molecule has 1 fully saturated rings. The van der Waals surface area contributed by atoms with Crippen molar-refractivity contribution in [2.75, 3.05) is 38.2 Å². The van der Waals surface area contributed by atoms with Crippen LogP contribution in [0.15, 0.2) is 53.4 Å². The van der Waals surface area contributed by atoms with Crippen LogP contribution in [0.3, 0.4) is 0 Å². The number of amides is 2. The third-order valence-electron chi connectivity index (χ3n) is 5.44. The highest BCUT2D eigenvalue weighted by atomic mass is 32.2. The monoisotopic (exact) mass is 441 g/mol. The van der Waals surface area contributed by atoms with Gasteiger partial charge in [0, 0.05) is 45.1 Å². The highest BCUT2D eigenvalue weighted by Crippen LogP contribution is 2.13. The van der Waals surface area contributed by atoms with Crippen molar-refractivity contribution in [3.8, 4) is 0 Å². The Morgan fingerprint density at radius 3 is 2.74 bits per heavy atom. The maximum absolute atomic E-state index is 13.1. The molecule has 0 aromatic carbocycles. The third-order valence-corrected chi connectivity index (χ3v) is 6.09. The number of pyridine rings is 1. The summed E-state index contributed by atoms with van der Waals surface area (Å²) in [6.07, 6.45) is 8.08. The van der Waals surface area contributed by atoms with Crippen LogP contribution < -0.4 is 5.32 Å². The largest absolute Gasteiger partial charge is 0.459 e. The lowest BCUT2D eigenvalue weighted by Gasteiger charge is -2.36. The van der Waals surface area contributed by atoms with E-state index < -0.39 is 6.04 Å². The molecule has 0 bridgehead atoms. The first-order chi connectivity index (χ1) is 15.1. The number of hydrogen-bond acceptors (Lipinski definition) is 6. The number of carbonyl (C=O) groups excluding carboxylic acids is 2. The van der Waals surface area contributed by atoms with Gasteiger partial charge >= 0.3 is 0 Å². The van der Waals surface area contributed by atoms with Gasteiger partial charge in [0.1, 0.15) is 11.7 Å². The Hall–Kier alpha value is -2.78. The van der Waals surface area contributed by atoms with Crippen molar-refractivity contribution < 1.29 is 14.0 Å². The number of imidazole rings is 1. The zero-order valence-corrected chi connectivity index (χ0v) is 18.4. The van der Waals surface area contributed by atoms with Crippen LogP contribution in [-0.2, 0) is 11.3 Å². The molecule has 1 saturated heterocycles. The Morgan fingerprint density at radius 2 is 2.03 bits per heavy atom. The number of fused-ring (bicyclic) bond motifs is 1. The Kier molecular flexibility index (Phi) is 6.93. The van der Waals surface area contributed by atoms with Crippen LogP contribution in [-0.4, -0.2) is 75.2 Å². The van der Waals surface area contributed by atoms with E-state index in [4.69, 9.17) is 4.42 Å². The molecular formula is C22H27N5O3S. The van der Waals surface area contributed by atoms with Crippen LogP contribution >= 0.6 is 11.8 Å². The number of nitrogens with zero attached hydrogens (tertiary/aromatic N) is 4. The first kappa shape index (κ1) is 21.5. The molecular weight excluding hydrogens is 414 g/mol. The molecule has 1 unspecified atom stereocenters. The van der Waals surface area contributed by atoms with Crippen molar-refractivity contribution >= 4 is 29.2 Å². The molecule has 0 saturated carbocycles. The fourth-order valence-corrected chi connectivity index (χ4v) is 4.24. The molecule has 0 radical (unpaired) electrons. The summed E-state index contributed by atoms with van der Waals surface area (Å²) in [7, 11) is 0. The highest BCUT2D eigenvalue weighted by Gasteiger charge is 2.29. The lowest BCUT2D eigenvalue weighted by atomic mass is 10.1. The fraction of sp³-hybridized carbons (Fsp3) is 0.409. The second-order valence-corrected chi connectivity index (χ2v) is 8.57. The molecule has 1 N–H and O–H groups in total. The van der Waals surface area contributed by atoms with Crippen LogP contribution in [0.4, 0.5) is 0 Å². The van der Waals surface area contributed by atoms with Crippen LogP contribution in [0.25, 0.3) is 5.65 Å². The Balaban J connectivity index is 1.33. The quantitative estimate of drug-likeness (QED) is 0.577. The Bertz CT molecular complexity index is 978. The molecule has 9 heteroatoms. The van der Waals surface area contributed by atoms with Gasteiger partial charge in [-0.1, -0.05) is 6.07 Å². The number of furan rings is 1. The number of thioether (sulfide) groups is 1. The van der Waals surface area contributed by atoms with Gasteiger partial charge in [-0.15, -0.1) is 0 Å². The van der Waals surface area contributed by atoms with Crippen LogP contribution in [0, 0.1) is 0 Å². The van der Waals surface area contributed by atoms with E-state index in [9.17, 15) is 9.59 Å². The second kappa shape index (κ2) is 10.0. The Labute approximate surface area is 185 Å². The van der Waals surface area contributed by atoms with Crippen molar-refractivity contribution in [3.05, 3.63) is 60.4 Å². The minimum atomic E-state index is -0.546. The van der Waals surface area contributed by atoms with Gasteiger partial charge in [-0.05, 0) is 42.7 Å². The average molecular weight is 442 g/mol. The van der Waals surface area contributed by atoms with E-state index in [1.165, 1.54) is 6.26 Å². The molecule has 8 nitrogen and oxygen atoms in total. The lowest BCUT2D eigenvalue weighted by molar-refractivity contribution is -0.135. The molecule has 1 aliphatic heterocycles. The molecule has 4 heterocycles. The lowest BCUT2D eigenvalue weighted by Crippen LogP contribution is -2.54. The number of carbonyl (C=O) groups is 2. The number of aromatic nitrogens is 2. The van der Waals surface area contributed by atoms with Gasteiger partial charge in [-0.2, -0.15) is 11.8 Å². The molecule has 2 amide bonds. The van der Waals surface area contributed by atoms with Gasteiger partial charge in [-0.3, -0.25) is 14.5 Å². The SMILES string of the molecule is CSCCC(NC(=O)c1ccco1)C(=O)N1CCN(Cc2cn3ccccc3n2)CC1. The molecule has 0 aliphatic carbocycles. The molecule has 3 aromatic rings. The van der Waals surface area contributed by atoms with Gasteiger partial charge in [-0.25, -0.2) is 4.98 Å². The molecule has 1 atom stereocenters. The zero-order chi connectivity index (χ0) is 21.6. The molecule has 31 heavy (non-hydrogen) atoms. The third kappa shape index (κ3) is 5.29. The number of piperazine rings is 1. The molecule has 3 aromatic heterocycles. The minimum Gasteiger partial charge on any atom is -0.459 e. The van der Waals surface area contributed by atoms with Crippen molar-refractivity contribution in [2.45, 2.75) is 19.0 Å². The van der Waals surface area contributed by atoms with Gasteiger partial charge in [0.15, 0.2) is 5.76 Å². The van der Waals surface area contributed by atoms with Crippen LogP contribution in [0.2, 0.25) is 0 Å². The van der Waals surface area contributed by atoms with Crippen LogP contribution in [0.5, 0.6) is 0 Å². The number of nitrogens with one attached hydrogen (secondary N) is 1. The van der Waals surface area contributed by atoms with E-state index in [1.807, 2.05) is 40.0 Å². The summed E-state index contributed by atoms with van der Waals surface area (Å²) in [5.41, 5.74) is 1.96. The van der Waals surface area contributed by atoms with E-state index in [-0.39, 0.29) is 17.6 Å². The number of rotatable bonds is 8. The summed E-state index contributed by atoms with van der Waals surface area (Å²) >= 11 is 1.66. The minimum absolute atomic E-state index is 0.0265. The van der Waals surface area contributed by atoms with Crippen molar-refractivity contribution in [1.82, 2.24) is 24.5 Å². The molecule has 1 aliphatic rings. The van der Waals surface area contributed by atoms with Crippen molar-refractivity contribution in [2.24, 2.45) is 0 Å². The summed E-state index contributed by atoms with van der Waals surface area (Å²) in [4.78, 5) is 34.4. The summed E-state index contributed by atoms with van der Waals surface area (Å²) < 4.78 is 7.18. The smallest absolute Gasteiger partial charge is 0.287 e. The van der Waals surface area contributed by atoms with Crippen molar-refractivity contribution in [1.29, 1.82) is 0 Å².